The van der Waals surface area contributed by atoms with Crippen LogP contribution in [0.3, 0.4) is 0 Å². The molecule has 5 rings (SSSR count). The molecule has 1 N–H and O–H groups in total. The molecule has 3 aromatic rings. The summed E-state index contributed by atoms with van der Waals surface area (Å²) in [6.45, 7) is 6.75. The van der Waals surface area contributed by atoms with Crippen LogP contribution in [0.15, 0.2) is 54.6 Å². The van der Waals surface area contributed by atoms with Crippen LogP contribution in [-0.4, -0.2) is 53.4 Å². The molecule has 0 bridgehead atoms. The smallest absolute Gasteiger partial charge is 0.0585 e. The van der Waals surface area contributed by atoms with Crippen LogP contribution < -0.4 is 4.90 Å². The van der Waals surface area contributed by atoms with Gasteiger partial charge < -0.3 is 14.6 Å². The Morgan fingerprint density at radius 3 is 2.45 bits per heavy atom. The van der Waals surface area contributed by atoms with Crippen molar-refractivity contribution in [3.63, 3.8) is 0 Å². The molecular formula is C25H31N3O. The number of anilines is 1. The number of rotatable bonds is 5. The lowest BCUT2D eigenvalue weighted by atomic mass is 9.93. The number of aromatic nitrogens is 1. The Bertz CT molecular complexity index is 957. The van der Waals surface area contributed by atoms with E-state index < -0.39 is 0 Å². The van der Waals surface area contributed by atoms with E-state index in [4.69, 9.17) is 0 Å². The largest absolute Gasteiger partial charge is 0.393 e. The summed E-state index contributed by atoms with van der Waals surface area (Å²) in [6.07, 6.45) is 3.71. The quantitative estimate of drug-likeness (QED) is 0.722. The van der Waals surface area contributed by atoms with Gasteiger partial charge in [-0.15, -0.1) is 0 Å². The van der Waals surface area contributed by atoms with Gasteiger partial charge in [0.15, 0.2) is 0 Å². The van der Waals surface area contributed by atoms with Crippen molar-refractivity contribution >= 4 is 16.6 Å². The predicted octanol–water partition coefficient (Wildman–Crippen LogP) is 3.70. The van der Waals surface area contributed by atoms with Gasteiger partial charge in [-0.2, -0.15) is 0 Å². The second-order valence-corrected chi connectivity index (χ2v) is 8.51. The summed E-state index contributed by atoms with van der Waals surface area (Å²) < 4.78 is 2.54. The molecule has 29 heavy (non-hydrogen) atoms. The van der Waals surface area contributed by atoms with Gasteiger partial charge in [0.05, 0.1) is 6.10 Å². The molecule has 0 spiro atoms. The Labute approximate surface area is 173 Å². The van der Waals surface area contributed by atoms with E-state index in [1.807, 2.05) is 0 Å². The number of fused-ring (bicyclic) bond motifs is 3. The molecule has 2 heterocycles. The van der Waals surface area contributed by atoms with Crippen molar-refractivity contribution in [2.45, 2.75) is 38.3 Å². The first-order valence-electron chi connectivity index (χ1n) is 11.1. The summed E-state index contributed by atoms with van der Waals surface area (Å²) in [6, 6.07) is 19.5. The lowest BCUT2D eigenvalue weighted by Crippen LogP contribution is -2.46. The minimum absolute atomic E-state index is 0.178. The fourth-order valence-electron chi connectivity index (χ4n) is 5.16. The monoisotopic (exact) mass is 389 g/mol. The Balaban J connectivity index is 1.21. The third-order valence-electron chi connectivity index (χ3n) is 6.70. The molecule has 4 heteroatoms. The van der Waals surface area contributed by atoms with Crippen LogP contribution >= 0.6 is 0 Å². The summed E-state index contributed by atoms with van der Waals surface area (Å²) >= 11 is 0. The van der Waals surface area contributed by atoms with Gasteiger partial charge in [-0.1, -0.05) is 36.4 Å². The lowest BCUT2D eigenvalue weighted by molar-refractivity contribution is 0.157. The SMILES string of the molecule is OC1CCc2c(c3ccccc3n2CCCN2CCN(c3ccccc3)CC2)C1. The molecule has 0 radical (unpaired) electrons. The zero-order valence-electron chi connectivity index (χ0n) is 17.1. The molecule has 1 aliphatic carbocycles. The summed E-state index contributed by atoms with van der Waals surface area (Å²) in [7, 11) is 0. The van der Waals surface area contributed by atoms with E-state index in [0.717, 1.165) is 58.5 Å². The minimum atomic E-state index is -0.178. The van der Waals surface area contributed by atoms with Gasteiger partial charge in [0.1, 0.15) is 0 Å². The minimum Gasteiger partial charge on any atom is -0.393 e. The number of aryl methyl sites for hydroxylation is 1. The molecule has 1 aliphatic heterocycles. The number of hydrogen-bond acceptors (Lipinski definition) is 3. The highest BCUT2D eigenvalue weighted by Gasteiger charge is 2.24. The highest BCUT2D eigenvalue weighted by Crippen LogP contribution is 2.32. The third kappa shape index (κ3) is 3.79. The van der Waals surface area contributed by atoms with E-state index in [0.29, 0.717) is 0 Å². The molecule has 152 valence electrons. The summed E-state index contributed by atoms with van der Waals surface area (Å²) in [5.41, 5.74) is 5.54. The first-order valence-corrected chi connectivity index (χ1v) is 11.1. The van der Waals surface area contributed by atoms with E-state index in [1.54, 1.807) is 0 Å². The number of para-hydroxylation sites is 2. The zero-order valence-corrected chi connectivity index (χ0v) is 17.1. The van der Waals surface area contributed by atoms with Crippen molar-refractivity contribution in [3.8, 4) is 0 Å². The predicted molar refractivity (Wildman–Crippen MR) is 120 cm³/mol. The molecule has 1 atom stereocenters. The first kappa shape index (κ1) is 18.7. The van der Waals surface area contributed by atoms with E-state index in [-0.39, 0.29) is 6.10 Å². The van der Waals surface area contributed by atoms with Gasteiger partial charge in [0.2, 0.25) is 0 Å². The Hall–Kier alpha value is -2.30. The van der Waals surface area contributed by atoms with Gasteiger partial charge >= 0.3 is 0 Å². The molecule has 4 nitrogen and oxygen atoms in total. The van der Waals surface area contributed by atoms with Gasteiger partial charge in [-0.05, 0) is 49.6 Å². The second kappa shape index (κ2) is 8.21. The number of aliphatic hydroxyl groups is 1. The van der Waals surface area contributed by atoms with Gasteiger partial charge in [-0.25, -0.2) is 0 Å². The van der Waals surface area contributed by atoms with Crippen LogP contribution in [-0.2, 0) is 19.4 Å². The standard InChI is InChI=1S/C25H31N3O/c29-21-11-12-25-23(19-21)22-9-4-5-10-24(22)28(25)14-6-13-26-15-17-27(18-16-26)20-7-2-1-3-8-20/h1-5,7-10,21,29H,6,11-19H2. The molecule has 2 aromatic carbocycles. The van der Waals surface area contributed by atoms with Crippen LogP contribution in [0.1, 0.15) is 24.1 Å². The molecule has 1 aromatic heterocycles. The van der Waals surface area contributed by atoms with Gasteiger partial charge in [0.25, 0.3) is 0 Å². The third-order valence-corrected chi connectivity index (χ3v) is 6.70. The fourth-order valence-corrected chi connectivity index (χ4v) is 5.16. The van der Waals surface area contributed by atoms with E-state index in [2.05, 4.69) is 69.0 Å². The molecule has 0 amide bonds. The van der Waals surface area contributed by atoms with Crippen LogP contribution in [0.2, 0.25) is 0 Å². The highest BCUT2D eigenvalue weighted by atomic mass is 16.3. The van der Waals surface area contributed by atoms with Crippen molar-refractivity contribution in [2.24, 2.45) is 0 Å². The molecule has 0 saturated carbocycles. The number of benzene rings is 2. The van der Waals surface area contributed by atoms with E-state index >= 15 is 0 Å². The molecule has 1 fully saturated rings. The Morgan fingerprint density at radius 2 is 1.62 bits per heavy atom. The molecular weight excluding hydrogens is 358 g/mol. The van der Waals surface area contributed by atoms with Crippen LogP contribution in [0.25, 0.3) is 10.9 Å². The second-order valence-electron chi connectivity index (χ2n) is 8.51. The maximum atomic E-state index is 10.2. The summed E-state index contributed by atoms with van der Waals surface area (Å²) in [4.78, 5) is 5.11. The number of nitrogens with zero attached hydrogens (tertiary/aromatic N) is 3. The maximum absolute atomic E-state index is 10.2. The van der Waals surface area contributed by atoms with E-state index in [1.165, 1.54) is 34.3 Å². The molecule has 1 saturated heterocycles. The average Bonchev–Trinajstić information content (AvgIpc) is 3.08. The fraction of sp³-hybridized carbons (Fsp3) is 0.440. The highest BCUT2D eigenvalue weighted by molar-refractivity contribution is 5.86. The average molecular weight is 390 g/mol. The van der Waals surface area contributed by atoms with Gasteiger partial charge in [-0.3, -0.25) is 4.90 Å². The van der Waals surface area contributed by atoms with Crippen LogP contribution in [0.5, 0.6) is 0 Å². The molecule has 1 unspecified atom stereocenters. The lowest BCUT2D eigenvalue weighted by Gasteiger charge is -2.36. The van der Waals surface area contributed by atoms with Crippen molar-refractivity contribution in [3.05, 3.63) is 65.9 Å². The van der Waals surface area contributed by atoms with Crippen molar-refractivity contribution in [1.82, 2.24) is 9.47 Å². The zero-order chi connectivity index (χ0) is 19.6. The number of aliphatic hydroxyl groups excluding tert-OH is 1. The molecule has 2 aliphatic rings. The number of hydrogen-bond donors (Lipinski definition) is 1. The Morgan fingerprint density at radius 1 is 0.862 bits per heavy atom. The van der Waals surface area contributed by atoms with Crippen molar-refractivity contribution in [2.75, 3.05) is 37.6 Å². The topological polar surface area (TPSA) is 31.6 Å². The van der Waals surface area contributed by atoms with Crippen LogP contribution in [0.4, 0.5) is 5.69 Å². The maximum Gasteiger partial charge on any atom is 0.0585 e. The summed E-state index contributed by atoms with van der Waals surface area (Å²) in [5.74, 6) is 0. The van der Waals surface area contributed by atoms with Crippen LogP contribution in [0, 0.1) is 0 Å². The normalized spacial score (nSPS) is 20.2. The Kier molecular flexibility index (Phi) is 5.30. The first-order chi connectivity index (χ1) is 14.3. The van der Waals surface area contributed by atoms with Gasteiger partial charge in [0, 0.05) is 61.4 Å². The van der Waals surface area contributed by atoms with E-state index in [9.17, 15) is 5.11 Å². The van der Waals surface area contributed by atoms with Crippen molar-refractivity contribution in [1.29, 1.82) is 0 Å². The number of piperazine rings is 1. The summed E-state index contributed by atoms with van der Waals surface area (Å²) in [5, 5.41) is 11.5. The van der Waals surface area contributed by atoms with Crippen molar-refractivity contribution < 1.29 is 5.11 Å².